The van der Waals surface area contributed by atoms with Gasteiger partial charge in [-0.2, -0.15) is 10.1 Å². The quantitative estimate of drug-likeness (QED) is 0.544. The number of rotatable bonds is 7. The van der Waals surface area contributed by atoms with E-state index in [0.29, 0.717) is 47.3 Å². The Morgan fingerprint density at radius 1 is 1.19 bits per heavy atom. The Labute approximate surface area is 180 Å². The van der Waals surface area contributed by atoms with Gasteiger partial charge in [0.25, 0.3) is 5.91 Å². The van der Waals surface area contributed by atoms with Crippen LogP contribution in [0, 0.1) is 0 Å². The molecule has 0 fully saturated rings. The van der Waals surface area contributed by atoms with Crippen molar-refractivity contribution in [2.75, 3.05) is 24.4 Å². The minimum atomic E-state index is -0.522. The predicted octanol–water partition coefficient (Wildman–Crippen LogP) is 3.14. The maximum absolute atomic E-state index is 13.4. The van der Waals surface area contributed by atoms with Gasteiger partial charge in [-0.05, 0) is 31.5 Å². The van der Waals surface area contributed by atoms with E-state index in [2.05, 4.69) is 20.7 Å². The number of hydrogen-bond donors (Lipinski definition) is 3. The summed E-state index contributed by atoms with van der Waals surface area (Å²) in [6.45, 7) is 1.92. The van der Waals surface area contributed by atoms with Crippen molar-refractivity contribution in [2.45, 2.75) is 25.8 Å². The maximum atomic E-state index is 13.4. The average Bonchev–Trinajstić information content (AvgIpc) is 3.19. The van der Waals surface area contributed by atoms with Crippen LogP contribution in [-0.4, -0.2) is 39.5 Å². The zero-order valence-corrected chi connectivity index (χ0v) is 17.5. The molecule has 0 unspecified atom stereocenters. The van der Waals surface area contributed by atoms with Crippen LogP contribution in [0.2, 0.25) is 0 Å². The first kappa shape index (κ1) is 20.6. The Morgan fingerprint density at radius 2 is 1.94 bits per heavy atom. The maximum Gasteiger partial charge on any atom is 0.255 e. The number of ether oxygens (including phenoxy) is 1. The third-order valence-corrected chi connectivity index (χ3v) is 5.16. The zero-order chi connectivity index (χ0) is 21.8. The van der Waals surface area contributed by atoms with Crippen LogP contribution in [0.3, 0.4) is 0 Å². The van der Waals surface area contributed by atoms with Crippen LogP contribution in [0.1, 0.15) is 30.8 Å². The first-order chi connectivity index (χ1) is 15.1. The predicted molar refractivity (Wildman–Crippen MR) is 118 cm³/mol. The molecule has 1 amide bonds. The third-order valence-electron chi connectivity index (χ3n) is 5.16. The number of nitrogens with one attached hydrogen (secondary N) is 2. The van der Waals surface area contributed by atoms with Crippen molar-refractivity contribution in [1.82, 2.24) is 14.8 Å². The molecule has 1 atom stereocenters. The molecule has 8 heteroatoms. The molecule has 1 aliphatic heterocycles. The molecule has 2 heterocycles. The smallest absolute Gasteiger partial charge is 0.255 e. The number of benzene rings is 2. The Bertz CT molecular complexity index is 1110. The minimum Gasteiger partial charge on any atom is -0.496 e. The summed E-state index contributed by atoms with van der Waals surface area (Å²) in [5.41, 5.74) is 2.74. The second kappa shape index (κ2) is 9.01. The Kier molecular flexibility index (Phi) is 5.99. The molecule has 1 aliphatic rings. The van der Waals surface area contributed by atoms with Gasteiger partial charge in [-0.3, -0.25) is 4.79 Å². The summed E-state index contributed by atoms with van der Waals surface area (Å²) in [6.07, 6.45) is 1.11. The molecule has 0 bridgehead atoms. The number of carbonyl (C=O) groups excluding carboxylic acids is 1. The van der Waals surface area contributed by atoms with Gasteiger partial charge >= 0.3 is 0 Å². The SMILES string of the molecule is COc1ccccc1[C@@H]1C(C(=O)Nc2ccccc2)=C(C)Nc2nc(CCCO)nn21. The monoisotopic (exact) mass is 419 g/mol. The van der Waals surface area contributed by atoms with E-state index in [1.54, 1.807) is 11.8 Å². The van der Waals surface area contributed by atoms with Crippen molar-refractivity contribution in [2.24, 2.45) is 0 Å². The van der Waals surface area contributed by atoms with E-state index >= 15 is 0 Å². The second-order valence-corrected chi connectivity index (χ2v) is 7.25. The molecule has 3 aromatic rings. The highest BCUT2D eigenvalue weighted by Gasteiger charge is 2.35. The fourth-order valence-corrected chi connectivity index (χ4v) is 3.73. The van der Waals surface area contributed by atoms with E-state index < -0.39 is 6.04 Å². The molecule has 2 aromatic carbocycles. The average molecular weight is 419 g/mol. The van der Waals surface area contributed by atoms with E-state index in [1.165, 1.54) is 0 Å². The number of aliphatic hydroxyl groups excluding tert-OH is 1. The molecular weight excluding hydrogens is 394 g/mol. The van der Waals surface area contributed by atoms with Gasteiger partial charge in [0, 0.05) is 30.0 Å². The molecule has 0 radical (unpaired) electrons. The van der Waals surface area contributed by atoms with Crippen molar-refractivity contribution in [1.29, 1.82) is 0 Å². The second-order valence-electron chi connectivity index (χ2n) is 7.25. The molecule has 8 nitrogen and oxygen atoms in total. The van der Waals surface area contributed by atoms with Crippen LogP contribution in [0.25, 0.3) is 0 Å². The van der Waals surface area contributed by atoms with Crippen LogP contribution < -0.4 is 15.4 Å². The van der Waals surface area contributed by atoms with Gasteiger partial charge in [-0.25, -0.2) is 4.68 Å². The first-order valence-corrected chi connectivity index (χ1v) is 10.2. The van der Waals surface area contributed by atoms with E-state index in [-0.39, 0.29) is 12.5 Å². The van der Waals surface area contributed by atoms with Crippen LogP contribution in [0.4, 0.5) is 11.6 Å². The number of carbonyl (C=O) groups is 1. The Balaban J connectivity index is 1.80. The highest BCUT2D eigenvalue weighted by molar-refractivity contribution is 6.06. The van der Waals surface area contributed by atoms with E-state index in [1.807, 2.05) is 61.5 Å². The van der Waals surface area contributed by atoms with Crippen LogP contribution in [0.5, 0.6) is 5.75 Å². The van der Waals surface area contributed by atoms with Crippen molar-refractivity contribution in [3.8, 4) is 5.75 Å². The third kappa shape index (κ3) is 4.15. The fourth-order valence-electron chi connectivity index (χ4n) is 3.73. The standard InChI is InChI=1S/C23H25N5O3/c1-15-20(22(30)25-16-9-4-3-5-10-16)21(17-11-6-7-12-18(17)31-2)28-23(24-15)26-19(27-28)13-8-14-29/h3-7,9-12,21,29H,8,13-14H2,1-2H3,(H,25,30)(H,24,26,27)/t21-/m1/s1. The molecule has 4 rings (SSSR count). The molecule has 3 N–H and O–H groups in total. The van der Waals surface area contributed by atoms with Crippen LogP contribution in [-0.2, 0) is 11.2 Å². The van der Waals surface area contributed by atoms with E-state index in [0.717, 1.165) is 5.56 Å². The number of aliphatic hydroxyl groups is 1. The number of para-hydroxylation sites is 2. The van der Waals surface area contributed by atoms with Crippen LogP contribution >= 0.6 is 0 Å². The zero-order valence-electron chi connectivity index (χ0n) is 17.5. The lowest BCUT2D eigenvalue weighted by molar-refractivity contribution is -0.113. The number of amides is 1. The molecule has 31 heavy (non-hydrogen) atoms. The summed E-state index contributed by atoms with van der Waals surface area (Å²) in [5.74, 6) is 1.59. The molecule has 0 saturated heterocycles. The number of aromatic nitrogens is 3. The van der Waals surface area contributed by atoms with Gasteiger partial charge in [0.1, 0.15) is 11.8 Å². The Hall–Kier alpha value is -3.65. The van der Waals surface area contributed by atoms with Gasteiger partial charge in [-0.15, -0.1) is 0 Å². The Morgan fingerprint density at radius 3 is 2.68 bits per heavy atom. The number of hydrogen-bond acceptors (Lipinski definition) is 6. The van der Waals surface area contributed by atoms with E-state index in [9.17, 15) is 9.90 Å². The summed E-state index contributed by atoms with van der Waals surface area (Å²) in [6, 6.07) is 16.4. The van der Waals surface area contributed by atoms with Crippen molar-refractivity contribution >= 4 is 17.5 Å². The van der Waals surface area contributed by atoms with Crippen molar-refractivity contribution in [3.63, 3.8) is 0 Å². The highest BCUT2D eigenvalue weighted by Crippen LogP contribution is 2.39. The number of methoxy groups -OCH3 is 1. The lowest BCUT2D eigenvalue weighted by atomic mass is 9.94. The number of nitrogens with zero attached hydrogens (tertiary/aromatic N) is 3. The molecule has 160 valence electrons. The normalized spacial score (nSPS) is 15.3. The molecular formula is C23H25N5O3. The van der Waals surface area contributed by atoms with Gasteiger partial charge in [0.2, 0.25) is 5.95 Å². The van der Waals surface area contributed by atoms with Gasteiger partial charge < -0.3 is 20.5 Å². The van der Waals surface area contributed by atoms with Crippen molar-refractivity contribution < 1.29 is 14.6 Å². The first-order valence-electron chi connectivity index (χ1n) is 10.2. The van der Waals surface area contributed by atoms with Gasteiger partial charge in [-0.1, -0.05) is 36.4 Å². The van der Waals surface area contributed by atoms with Crippen molar-refractivity contribution in [3.05, 3.63) is 77.3 Å². The highest BCUT2D eigenvalue weighted by atomic mass is 16.5. The van der Waals surface area contributed by atoms with Crippen LogP contribution in [0.15, 0.2) is 65.9 Å². The molecule has 0 saturated carbocycles. The summed E-state index contributed by atoms with van der Waals surface area (Å²) in [5, 5.41) is 20.0. The lowest BCUT2D eigenvalue weighted by Crippen LogP contribution is -2.31. The fraction of sp³-hybridized carbons (Fsp3) is 0.261. The summed E-state index contributed by atoms with van der Waals surface area (Å²) >= 11 is 0. The summed E-state index contributed by atoms with van der Waals surface area (Å²) < 4.78 is 7.32. The van der Waals surface area contributed by atoms with E-state index in [4.69, 9.17) is 4.74 Å². The summed E-state index contributed by atoms with van der Waals surface area (Å²) in [7, 11) is 1.61. The number of allylic oxidation sites excluding steroid dienone is 1. The molecule has 0 aliphatic carbocycles. The number of fused-ring (bicyclic) bond motifs is 1. The van der Waals surface area contributed by atoms with Gasteiger partial charge in [0.15, 0.2) is 5.82 Å². The largest absolute Gasteiger partial charge is 0.496 e. The lowest BCUT2D eigenvalue weighted by Gasteiger charge is -2.29. The number of aryl methyl sites for hydroxylation is 1. The molecule has 1 aromatic heterocycles. The summed E-state index contributed by atoms with van der Waals surface area (Å²) in [4.78, 5) is 18.0. The number of anilines is 2. The van der Waals surface area contributed by atoms with Gasteiger partial charge in [0.05, 0.1) is 12.7 Å². The topological polar surface area (TPSA) is 101 Å². The molecule has 0 spiro atoms. The minimum absolute atomic E-state index is 0.0647.